The van der Waals surface area contributed by atoms with Crippen molar-refractivity contribution < 1.29 is 0 Å². The summed E-state index contributed by atoms with van der Waals surface area (Å²) in [4.78, 5) is 0. The molecule has 0 aliphatic heterocycles. The SMILES string of the molecule is C/C=C\C=C/CC.CCCCNCC. The highest BCUT2D eigenvalue weighted by molar-refractivity contribution is 5.00. The Bertz CT molecular complexity index is 121. The largest absolute Gasteiger partial charge is 0.317 e. The average Bonchev–Trinajstić information content (AvgIpc) is 2.21. The highest BCUT2D eigenvalue weighted by Gasteiger charge is 1.77. The van der Waals surface area contributed by atoms with E-state index in [-0.39, 0.29) is 0 Å². The van der Waals surface area contributed by atoms with Gasteiger partial charge in [0, 0.05) is 0 Å². The first kappa shape index (κ1) is 15.9. The van der Waals surface area contributed by atoms with Crippen molar-refractivity contribution >= 4 is 0 Å². The molecule has 0 aliphatic rings. The van der Waals surface area contributed by atoms with Crippen molar-refractivity contribution in [2.24, 2.45) is 0 Å². The van der Waals surface area contributed by atoms with Crippen molar-refractivity contribution in [1.29, 1.82) is 0 Å². The minimum atomic E-state index is 1.11. The molecule has 0 bridgehead atoms. The molecule has 0 spiro atoms. The lowest BCUT2D eigenvalue weighted by Crippen LogP contribution is -2.13. The topological polar surface area (TPSA) is 12.0 Å². The standard InChI is InChI=1S/C7H12.C6H15N/c1-3-5-7-6-4-2;1-3-5-6-7-4-2/h3,5-7H,4H2,1-2H3;7H,3-6H2,1-2H3/b5-3-,7-6-;. The maximum Gasteiger partial charge on any atom is -0.00491 e. The molecule has 1 heteroatoms. The molecule has 84 valence electrons. The Kier molecular flexibility index (Phi) is 20.7. The molecule has 0 unspecified atom stereocenters. The van der Waals surface area contributed by atoms with Gasteiger partial charge in [-0.05, 0) is 32.9 Å². The van der Waals surface area contributed by atoms with Gasteiger partial charge in [-0.1, -0.05) is 51.5 Å². The van der Waals surface area contributed by atoms with Gasteiger partial charge >= 0.3 is 0 Å². The number of nitrogens with one attached hydrogen (secondary N) is 1. The van der Waals surface area contributed by atoms with Gasteiger partial charge in [0.2, 0.25) is 0 Å². The van der Waals surface area contributed by atoms with E-state index in [1.54, 1.807) is 0 Å². The van der Waals surface area contributed by atoms with Crippen LogP contribution in [0.3, 0.4) is 0 Å². The van der Waals surface area contributed by atoms with Crippen LogP contribution in [-0.4, -0.2) is 13.1 Å². The fourth-order valence-electron chi connectivity index (χ4n) is 0.804. The molecule has 0 rings (SSSR count). The summed E-state index contributed by atoms with van der Waals surface area (Å²) >= 11 is 0. The summed E-state index contributed by atoms with van der Waals surface area (Å²) in [6.07, 6.45) is 12.0. The molecule has 1 N–H and O–H groups in total. The summed E-state index contributed by atoms with van der Waals surface area (Å²) in [7, 11) is 0. The van der Waals surface area contributed by atoms with Crippen LogP contribution >= 0.6 is 0 Å². The van der Waals surface area contributed by atoms with Crippen LogP contribution in [-0.2, 0) is 0 Å². The van der Waals surface area contributed by atoms with Crippen LogP contribution in [0.4, 0.5) is 0 Å². The lowest BCUT2D eigenvalue weighted by molar-refractivity contribution is 0.663. The van der Waals surface area contributed by atoms with Crippen molar-refractivity contribution in [3.8, 4) is 0 Å². The second-order valence-electron chi connectivity index (χ2n) is 3.07. The van der Waals surface area contributed by atoms with E-state index in [4.69, 9.17) is 0 Å². The molecule has 0 aliphatic carbocycles. The van der Waals surface area contributed by atoms with Gasteiger partial charge in [0.25, 0.3) is 0 Å². The third-order valence-electron chi connectivity index (χ3n) is 1.63. The van der Waals surface area contributed by atoms with Gasteiger partial charge in [0.15, 0.2) is 0 Å². The zero-order valence-corrected chi connectivity index (χ0v) is 10.3. The maximum absolute atomic E-state index is 3.25. The predicted molar refractivity (Wildman–Crippen MR) is 67.7 cm³/mol. The van der Waals surface area contributed by atoms with Crippen LogP contribution in [0.2, 0.25) is 0 Å². The van der Waals surface area contributed by atoms with E-state index in [1.807, 2.05) is 19.1 Å². The molecule has 0 aromatic rings. The first-order chi connectivity index (χ1) is 6.83. The molecule has 0 aromatic heterocycles. The first-order valence-corrected chi connectivity index (χ1v) is 5.81. The maximum atomic E-state index is 3.25. The van der Waals surface area contributed by atoms with Crippen molar-refractivity contribution in [3.05, 3.63) is 24.3 Å². The molecule has 0 heterocycles. The van der Waals surface area contributed by atoms with E-state index < -0.39 is 0 Å². The van der Waals surface area contributed by atoms with E-state index in [0.29, 0.717) is 0 Å². The Hall–Kier alpha value is -0.560. The molecule has 0 radical (unpaired) electrons. The van der Waals surface area contributed by atoms with Crippen molar-refractivity contribution in [2.45, 2.75) is 47.0 Å². The number of hydrogen-bond acceptors (Lipinski definition) is 1. The highest BCUT2D eigenvalue weighted by Crippen LogP contribution is 1.80. The smallest absolute Gasteiger partial charge is 0.00491 e. The molecule has 0 saturated heterocycles. The minimum absolute atomic E-state index is 1.11. The molecular formula is C13H27N. The molecule has 0 aromatic carbocycles. The Morgan fingerprint density at radius 1 is 1.07 bits per heavy atom. The van der Waals surface area contributed by atoms with Crippen molar-refractivity contribution in [2.75, 3.05) is 13.1 Å². The van der Waals surface area contributed by atoms with Crippen LogP contribution < -0.4 is 5.32 Å². The molecular weight excluding hydrogens is 170 g/mol. The summed E-state index contributed by atoms with van der Waals surface area (Å²) in [5.74, 6) is 0. The van der Waals surface area contributed by atoms with Crippen LogP contribution in [0, 0.1) is 0 Å². The highest BCUT2D eigenvalue weighted by atomic mass is 14.8. The minimum Gasteiger partial charge on any atom is -0.317 e. The molecule has 1 nitrogen and oxygen atoms in total. The van der Waals surface area contributed by atoms with Gasteiger partial charge in [-0.25, -0.2) is 0 Å². The predicted octanol–water partition coefficient (Wildman–Crippen LogP) is 3.92. The second-order valence-corrected chi connectivity index (χ2v) is 3.07. The number of rotatable bonds is 6. The summed E-state index contributed by atoms with van der Waals surface area (Å²) < 4.78 is 0. The third-order valence-corrected chi connectivity index (χ3v) is 1.63. The zero-order chi connectivity index (χ0) is 11.1. The van der Waals surface area contributed by atoms with Crippen LogP contribution in [0.1, 0.15) is 47.0 Å². The third kappa shape index (κ3) is 22.5. The van der Waals surface area contributed by atoms with E-state index >= 15 is 0 Å². The Labute approximate surface area is 90.3 Å². The van der Waals surface area contributed by atoms with Gasteiger partial charge in [-0.2, -0.15) is 0 Å². The summed E-state index contributed by atoms with van der Waals surface area (Å²) in [5.41, 5.74) is 0. The van der Waals surface area contributed by atoms with Crippen LogP contribution in [0.15, 0.2) is 24.3 Å². The van der Waals surface area contributed by atoms with Crippen molar-refractivity contribution in [3.63, 3.8) is 0 Å². The molecule has 0 saturated carbocycles. The van der Waals surface area contributed by atoms with Gasteiger partial charge in [0.1, 0.15) is 0 Å². The zero-order valence-electron chi connectivity index (χ0n) is 10.3. The van der Waals surface area contributed by atoms with Gasteiger partial charge in [-0.3, -0.25) is 0 Å². The van der Waals surface area contributed by atoms with E-state index in [2.05, 4.69) is 38.2 Å². The first-order valence-electron chi connectivity index (χ1n) is 5.81. The van der Waals surface area contributed by atoms with E-state index in [9.17, 15) is 0 Å². The number of unbranched alkanes of at least 4 members (excludes halogenated alkanes) is 1. The lowest BCUT2D eigenvalue weighted by atomic mass is 10.3. The Morgan fingerprint density at radius 2 is 1.79 bits per heavy atom. The normalized spacial score (nSPS) is 10.6. The summed E-state index contributed by atoms with van der Waals surface area (Å²) in [5, 5.41) is 3.25. The average molecular weight is 197 g/mol. The lowest BCUT2D eigenvalue weighted by Gasteiger charge is -1.95. The quantitative estimate of drug-likeness (QED) is 0.502. The number of allylic oxidation sites excluding steroid dienone is 4. The Morgan fingerprint density at radius 3 is 2.21 bits per heavy atom. The van der Waals surface area contributed by atoms with Crippen LogP contribution in [0.5, 0.6) is 0 Å². The second kappa shape index (κ2) is 18.3. The molecule has 0 fully saturated rings. The summed E-state index contributed by atoms with van der Waals surface area (Å²) in [6.45, 7) is 10.8. The monoisotopic (exact) mass is 197 g/mol. The van der Waals surface area contributed by atoms with Gasteiger partial charge in [0.05, 0.1) is 0 Å². The fraction of sp³-hybridized carbons (Fsp3) is 0.692. The summed E-state index contributed by atoms with van der Waals surface area (Å²) in [6, 6.07) is 0. The molecule has 0 atom stereocenters. The van der Waals surface area contributed by atoms with Crippen LogP contribution in [0.25, 0.3) is 0 Å². The van der Waals surface area contributed by atoms with Gasteiger partial charge in [-0.15, -0.1) is 0 Å². The molecule has 14 heavy (non-hydrogen) atoms. The van der Waals surface area contributed by atoms with E-state index in [1.165, 1.54) is 19.4 Å². The van der Waals surface area contributed by atoms with E-state index in [0.717, 1.165) is 13.0 Å². The number of hydrogen-bond donors (Lipinski definition) is 1. The fourth-order valence-corrected chi connectivity index (χ4v) is 0.804. The Balaban J connectivity index is 0. The van der Waals surface area contributed by atoms with Gasteiger partial charge < -0.3 is 5.32 Å². The van der Waals surface area contributed by atoms with Crippen molar-refractivity contribution in [1.82, 2.24) is 5.32 Å². The molecule has 0 amide bonds.